The van der Waals surface area contributed by atoms with Gasteiger partial charge in [0.05, 0.1) is 0 Å². The molecule has 0 N–H and O–H groups in total. The first-order valence-corrected chi connectivity index (χ1v) is 7.92. The topological polar surface area (TPSA) is 54.0 Å². The van der Waals surface area contributed by atoms with E-state index in [0.29, 0.717) is 11.1 Å². The Bertz CT molecular complexity index is 823. The van der Waals surface area contributed by atoms with Crippen molar-refractivity contribution in [1.82, 2.24) is 14.6 Å². The van der Waals surface area contributed by atoms with Gasteiger partial charge in [-0.3, -0.25) is 0 Å². The Morgan fingerprint density at radius 2 is 2.20 bits per heavy atom. The summed E-state index contributed by atoms with van der Waals surface area (Å²) < 4.78 is 15.6. The van der Waals surface area contributed by atoms with E-state index in [4.69, 9.17) is 11.0 Å². The maximum absolute atomic E-state index is 13.0. The van der Waals surface area contributed by atoms with Crippen molar-refractivity contribution in [2.75, 3.05) is 0 Å². The predicted octanol–water partition coefficient (Wildman–Crippen LogP) is -1.25. The van der Waals surface area contributed by atoms with Gasteiger partial charge in [-0.1, -0.05) is 0 Å². The standard InChI is InChI=1S/C13H6BFIN4/c14-16-10-3-11(8-1-2-12(15)18-5-8)13-9(4-17)6-19-20(13)7-10/h1-3,5-7H/q-1. The van der Waals surface area contributed by atoms with Gasteiger partial charge < -0.3 is 0 Å². The van der Waals surface area contributed by atoms with Crippen LogP contribution < -0.4 is 21.0 Å². The quantitative estimate of drug-likeness (QED) is 0.320. The molecule has 0 atom stereocenters. The van der Waals surface area contributed by atoms with Crippen molar-refractivity contribution in [3.8, 4) is 17.2 Å². The molecule has 7 heteroatoms. The molecule has 3 aromatic heterocycles. The van der Waals surface area contributed by atoms with Gasteiger partial charge in [-0.2, -0.15) is 0 Å². The molecule has 0 unspecified atom stereocenters. The number of fused-ring (bicyclic) bond motifs is 1. The van der Waals surface area contributed by atoms with E-state index >= 15 is 0 Å². The Morgan fingerprint density at radius 3 is 2.85 bits per heavy atom. The molecule has 0 spiro atoms. The van der Waals surface area contributed by atoms with Gasteiger partial charge in [-0.15, -0.1) is 0 Å². The van der Waals surface area contributed by atoms with Gasteiger partial charge in [0, 0.05) is 0 Å². The first-order chi connectivity index (χ1) is 9.72. The van der Waals surface area contributed by atoms with Gasteiger partial charge >= 0.3 is 126 Å². The molecule has 0 aliphatic rings. The second-order valence-electron chi connectivity index (χ2n) is 4.01. The Morgan fingerprint density at radius 1 is 1.35 bits per heavy atom. The monoisotopic (exact) mass is 375 g/mol. The zero-order valence-electron chi connectivity index (χ0n) is 10.1. The third-order valence-corrected chi connectivity index (χ3v) is 4.17. The van der Waals surface area contributed by atoms with Crippen LogP contribution in [-0.2, 0) is 0 Å². The van der Waals surface area contributed by atoms with Gasteiger partial charge in [0.15, 0.2) is 0 Å². The van der Waals surface area contributed by atoms with Gasteiger partial charge in [0.25, 0.3) is 0 Å². The first-order valence-electron chi connectivity index (χ1n) is 5.60. The average Bonchev–Trinajstić information content (AvgIpc) is 2.90. The van der Waals surface area contributed by atoms with E-state index < -0.39 is 26.9 Å². The molecule has 0 amide bonds. The zero-order valence-corrected chi connectivity index (χ0v) is 12.2. The Balaban J connectivity index is 2.34. The van der Waals surface area contributed by atoms with E-state index in [-0.39, 0.29) is 0 Å². The molecular weight excluding hydrogens is 369 g/mol. The van der Waals surface area contributed by atoms with Crippen molar-refractivity contribution < 1.29 is 25.4 Å². The molecule has 0 saturated heterocycles. The number of pyridine rings is 2. The van der Waals surface area contributed by atoms with Gasteiger partial charge in [0.1, 0.15) is 0 Å². The third kappa shape index (κ3) is 2.16. The fourth-order valence-corrected chi connectivity index (χ4v) is 2.90. The molecule has 0 bridgehead atoms. The molecule has 0 aliphatic carbocycles. The van der Waals surface area contributed by atoms with Crippen LogP contribution in [0.2, 0.25) is 0 Å². The predicted molar refractivity (Wildman–Crippen MR) is 67.5 cm³/mol. The van der Waals surface area contributed by atoms with Gasteiger partial charge in [0.2, 0.25) is 0 Å². The van der Waals surface area contributed by atoms with Gasteiger partial charge in [-0.25, -0.2) is 0 Å². The van der Waals surface area contributed by atoms with Crippen molar-refractivity contribution in [2.45, 2.75) is 0 Å². The molecular formula is C13H6BFIN4-. The fraction of sp³-hybridized carbons (Fsp3) is 0. The van der Waals surface area contributed by atoms with Crippen LogP contribution in [0.1, 0.15) is 5.56 Å². The van der Waals surface area contributed by atoms with E-state index in [1.807, 2.05) is 12.3 Å². The van der Waals surface area contributed by atoms with E-state index in [9.17, 15) is 4.39 Å². The fourth-order valence-electron chi connectivity index (χ4n) is 1.99. The van der Waals surface area contributed by atoms with Crippen LogP contribution in [0.25, 0.3) is 16.6 Å². The Kier molecular flexibility index (Phi) is 3.40. The van der Waals surface area contributed by atoms with Crippen molar-refractivity contribution in [3.63, 3.8) is 0 Å². The maximum atomic E-state index is 13.0. The van der Waals surface area contributed by atoms with Crippen molar-refractivity contribution in [3.05, 3.63) is 51.9 Å². The van der Waals surface area contributed by atoms with Crippen LogP contribution in [0, 0.1) is 20.8 Å². The average molecular weight is 375 g/mol. The summed E-state index contributed by atoms with van der Waals surface area (Å²) >= 11 is -0.614. The molecule has 3 rings (SSSR count). The van der Waals surface area contributed by atoms with Crippen LogP contribution in [-0.4, -0.2) is 20.3 Å². The van der Waals surface area contributed by atoms with Crippen LogP contribution in [0.5, 0.6) is 0 Å². The van der Waals surface area contributed by atoms with Crippen molar-refractivity contribution >= 4 is 11.2 Å². The molecule has 0 aliphatic heterocycles. The minimum atomic E-state index is -0.614. The van der Waals surface area contributed by atoms with E-state index in [1.165, 1.54) is 18.5 Å². The minimum absolute atomic E-state index is 0.464. The van der Waals surface area contributed by atoms with Crippen LogP contribution in [0.3, 0.4) is 0 Å². The van der Waals surface area contributed by atoms with Crippen LogP contribution in [0.4, 0.5) is 4.39 Å². The number of nitrogens with zero attached hydrogens (tertiary/aromatic N) is 4. The SMILES string of the molecule is [B][I-]c1cc(-c2ccc(F)nc2)c2c(C#N)cnn2c1. The normalized spacial score (nSPS) is 10.8. The molecule has 3 aromatic rings. The summed E-state index contributed by atoms with van der Waals surface area (Å²) in [7, 11) is 0. The second kappa shape index (κ2) is 5.21. The first kappa shape index (κ1) is 13.1. The van der Waals surface area contributed by atoms with Crippen molar-refractivity contribution in [2.24, 2.45) is 0 Å². The summed E-state index contributed by atoms with van der Waals surface area (Å²) in [5, 5.41) is 13.3. The molecule has 4 nitrogen and oxygen atoms in total. The second-order valence-corrected chi connectivity index (χ2v) is 5.88. The summed E-state index contributed by atoms with van der Waals surface area (Å²) in [5.74, 6) is -0.541. The summed E-state index contributed by atoms with van der Waals surface area (Å²) in [6.07, 6.45) is 4.77. The van der Waals surface area contributed by atoms with E-state index in [1.54, 1.807) is 10.6 Å². The number of hydrogen-bond acceptors (Lipinski definition) is 3. The molecule has 2 radical (unpaired) electrons. The molecule has 96 valence electrons. The Labute approximate surface area is 125 Å². The van der Waals surface area contributed by atoms with E-state index in [2.05, 4.69) is 16.2 Å². The van der Waals surface area contributed by atoms with E-state index in [0.717, 1.165) is 14.7 Å². The summed E-state index contributed by atoms with van der Waals surface area (Å²) in [6, 6.07) is 6.95. The zero-order chi connectivity index (χ0) is 14.1. The van der Waals surface area contributed by atoms with Crippen LogP contribution in [0.15, 0.2) is 36.8 Å². The molecule has 0 aromatic carbocycles. The number of nitriles is 1. The number of hydrogen-bond donors (Lipinski definition) is 0. The molecule has 20 heavy (non-hydrogen) atoms. The van der Waals surface area contributed by atoms with Crippen LogP contribution >= 0.6 is 0 Å². The number of halogens is 2. The van der Waals surface area contributed by atoms with Gasteiger partial charge in [-0.05, 0) is 0 Å². The Hall–Kier alpha value is -1.95. The summed E-state index contributed by atoms with van der Waals surface area (Å²) in [4.78, 5) is 3.66. The molecule has 0 fully saturated rings. The molecule has 0 saturated carbocycles. The molecule has 3 heterocycles. The van der Waals surface area contributed by atoms with Crippen molar-refractivity contribution in [1.29, 1.82) is 5.26 Å². The number of rotatable bonds is 2. The summed E-state index contributed by atoms with van der Waals surface area (Å²) in [6.45, 7) is 0. The summed E-state index contributed by atoms with van der Waals surface area (Å²) in [5.41, 5.74) is 8.44. The third-order valence-electron chi connectivity index (χ3n) is 2.86. The number of aromatic nitrogens is 3.